The van der Waals surface area contributed by atoms with E-state index in [4.69, 9.17) is 5.11 Å². The Morgan fingerprint density at radius 3 is 2.94 bits per heavy atom. The molecule has 0 heterocycles. The van der Waals surface area contributed by atoms with Crippen molar-refractivity contribution in [1.82, 2.24) is 5.32 Å². The van der Waals surface area contributed by atoms with E-state index in [1.165, 1.54) is 0 Å². The Kier molecular flexibility index (Phi) is 4.84. The van der Waals surface area contributed by atoms with E-state index >= 15 is 0 Å². The molecule has 1 rings (SSSR count). The monoisotopic (exact) mass is 215 g/mol. The van der Waals surface area contributed by atoms with Gasteiger partial charge in [-0.05, 0) is 24.8 Å². The summed E-state index contributed by atoms with van der Waals surface area (Å²) < 4.78 is 0. The number of rotatable bonds is 3. The van der Waals surface area contributed by atoms with E-state index in [2.05, 4.69) is 17.2 Å². The van der Waals surface area contributed by atoms with Gasteiger partial charge in [-0.2, -0.15) is 0 Å². The van der Waals surface area contributed by atoms with Crippen LogP contribution in [-0.4, -0.2) is 24.7 Å². The Balaban J connectivity index is 2.93. The minimum absolute atomic E-state index is 0.608. The van der Waals surface area contributed by atoms with Crippen LogP contribution in [0.15, 0.2) is 30.3 Å². The molecule has 0 radical (unpaired) electrons. The molecule has 0 atom stereocenters. The van der Waals surface area contributed by atoms with E-state index in [9.17, 15) is 4.79 Å². The van der Waals surface area contributed by atoms with Gasteiger partial charge in [0.1, 0.15) is 0 Å². The van der Waals surface area contributed by atoms with Gasteiger partial charge in [0, 0.05) is 11.6 Å². The molecule has 0 saturated heterocycles. The van der Waals surface area contributed by atoms with Crippen LogP contribution < -0.4 is 5.32 Å². The summed E-state index contributed by atoms with van der Waals surface area (Å²) in [6.07, 6.45) is 2.66. The molecule has 82 valence electrons. The summed E-state index contributed by atoms with van der Waals surface area (Å²) in [4.78, 5) is 10.4. The van der Waals surface area contributed by atoms with Gasteiger partial charge in [0.15, 0.2) is 0 Å². The van der Waals surface area contributed by atoms with Crippen LogP contribution in [0.1, 0.15) is 11.1 Å². The molecule has 1 aromatic rings. The van der Waals surface area contributed by atoms with E-state index in [0.717, 1.165) is 17.2 Å². The van der Waals surface area contributed by atoms with Gasteiger partial charge < -0.3 is 10.4 Å². The van der Waals surface area contributed by atoms with Crippen LogP contribution in [0.3, 0.4) is 0 Å². The summed E-state index contributed by atoms with van der Waals surface area (Å²) in [7, 11) is 1.82. The molecule has 0 saturated carbocycles. The first-order valence-electron chi connectivity index (χ1n) is 4.87. The van der Waals surface area contributed by atoms with Gasteiger partial charge >= 0.3 is 5.97 Å². The van der Waals surface area contributed by atoms with Gasteiger partial charge in [-0.25, -0.2) is 4.79 Å². The Labute approximate surface area is 94.8 Å². The maximum absolute atomic E-state index is 10.4. The second-order valence-electron chi connectivity index (χ2n) is 3.09. The second kappa shape index (κ2) is 6.44. The van der Waals surface area contributed by atoms with Crippen LogP contribution in [0.2, 0.25) is 0 Å². The normalized spacial score (nSPS) is 9.81. The molecule has 0 aliphatic carbocycles. The van der Waals surface area contributed by atoms with E-state index < -0.39 is 5.97 Å². The van der Waals surface area contributed by atoms with Crippen LogP contribution in [0.4, 0.5) is 0 Å². The number of hydrogen-bond donors (Lipinski definition) is 2. The molecule has 0 fully saturated rings. The zero-order valence-corrected chi connectivity index (χ0v) is 9.03. The first-order valence-corrected chi connectivity index (χ1v) is 4.87. The molecule has 2 N–H and O–H groups in total. The van der Waals surface area contributed by atoms with Crippen molar-refractivity contribution < 1.29 is 9.90 Å². The van der Waals surface area contributed by atoms with Crippen LogP contribution in [0.25, 0.3) is 6.08 Å². The van der Waals surface area contributed by atoms with E-state index in [0.29, 0.717) is 6.54 Å². The third kappa shape index (κ3) is 3.99. The van der Waals surface area contributed by atoms with Crippen molar-refractivity contribution in [2.75, 3.05) is 13.6 Å². The number of carboxylic acids is 1. The fourth-order valence-corrected chi connectivity index (χ4v) is 1.15. The standard InChI is InChI=1S/C13H13NO2/c1-14-10-4-7-11-5-2-3-6-12(11)8-9-13(15)16/h2-3,5-6,8-9,14H,10H2,1H3,(H,15,16)/b9-8+. The Morgan fingerprint density at radius 2 is 2.25 bits per heavy atom. The number of aliphatic carboxylic acids is 1. The highest BCUT2D eigenvalue weighted by Gasteiger charge is 1.95. The third-order valence-electron chi connectivity index (χ3n) is 1.85. The molecule has 0 spiro atoms. The average Bonchev–Trinajstić information content (AvgIpc) is 2.28. The molecular weight excluding hydrogens is 202 g/mol. The lowest BCUT2D eigenvalue weighted by molar-refractivity contribution is -0.131. The zero-order valence-electron chi connectivity index (χ0n) is 9.03. The molecule has 1 aromatic carbocycles. The molecule has 3 nitrogen and oxygen atoms in total. The molecule has 0 amide bonds. The van der Waals surface area contributed by atoms with Gasteiger partial charge in [-0.3, -0.25) is 0 Å². The molecule has 16 heavy (non-hydrogen) atoms. The van der Waals surface area contributed by atoms with Crippen molar-refractivity contribution >= 4 is 12.0 Å². The lowest BCUT2D eigenvalue weighted by Crippen LogP contribution is -2.04. The topological polar surface area (TPSA) is 49.3 Å². The highest BCUT2D eigenvalue weighted by molar-refractivity contribution is 5.85. The summed E-state index contributed by atoms with van der Waals surface area (Å²) in [6.45, 7) is 0.608. The first-order chi connectivity index (χ1) is 7.74. The lowest BCUT2D eigenvalue weighted by Gasteiger charge is -1.96. The van der Waals surface area contributed by atoms with Crippen molar-refractivity contribution in [2.45, 2.75) is 0 Å². The van der Waals surface area contributed by atoms with E-state index in [1.807, 2.05) is 31.3 Å². The van der Waals surface area contributed by atoms with Crippen molar-refractivity contribution in [2.24, 2.45) is 0 Å². The van der Waals surface area contributed by atoms with Crippen LogP contribution >= 0.6 is 0 Å². The summed E-state index contributed by atoms with van der Waals surface area (Å²) in [5.41, 5.74) is 1.64. The fourth-order valence-electron chi connectivity index (χ4n) is 1.15. The van der Waals surface area contributed by atoms with Crippen LogP contribution in [0, 0.1) is 11.8 Å². The van der Waals surface area contributed by atoms with E-state index in [1.54, 1.807) is 6.08 Å². The van der Waals surface area contributed by atoms with E-state index in [-0.39, 0.29) is 0 Å². The number of carbonyl (C=O) groups is 1. The summed E-state index contributed by atoms with van der Waals surface area (Å²) in [5.74, 6) is 4.96. The fraction of sp³-hybridized carbons (Fsp3) is 0.154. The zero-order chi connectivity index (χ0) is 11.8. The maximum Gasteiger partial charge on any atom is 0.328 e. The lowest BCUT2D eigenvalue weighted by atomic mass is 10.1. The Bertz CT molecular complexity index is 452. The van der Waals surface area contributed by atoms with Gasteiger partial charge in [0.25, 0.3) is 0 Å². The average molecular weight is 215 g/mol. The van der Waals surface area contributed by atoms with Crippen LogP contribution in [0.5, 0.6) is 0 Å². The van der Waals surface area contributed by atoms with Gasteiger partial charge in [-0.1, -0.05) is 30.0 Å². The summed E-state index contributed by atoms with van der Waals surface area (Å²) in [5, 5.41) is 11.5. The molecule has 0 bridgehead atoms. The van der Waals surface area contributed by atoms with Crippen molar-refractivity contribution in [1.29, 1.82) is 0 Å². The largest absolute Gasteiger partial charge is 0.478 e. The Morgan fingerprint density at radius 1 is 1.50 bits per heavy atom. The highest BCUT2D eigenvalue weighted by atomic mass is 16.4. The van der Waals surface area contributed by atoms with Crippen molar-refractivity contribution in [3.05, 3.63) is 41.5 Å². The second-order valence-corrected chi connectivity index (χ2v) is 3.09. The molecular formula is C13H13NO2. The van der Waals surface area contributed by atoms with Gasteiger partial charge in [0.2, 0.25) is 0 Å². The smallest absolute Gasteiger partial charge is 0.328 e. The van der Waals surface area contributed by atoms with Gasteiger partial charge in [0.05, 0.1) is 6.54 Å². The SMILES string of the molecule is CNCC#Cc1ccccc1/C=C/C(=O)O. The molecule has 0 aliphatic heterocycles. The minimum atomic E-state index is -0.960. The minimum Gasteiger partial charge on any atom is -0.478 e. The van der Waals surface area contributed by atoms with Crippen LogP contribution in [-0.2, 0) is 4.79 Å². The number of hydrogen-bond acceptors (Lipinski definition) is 2. The predicted octanol–water partition coefficient (Wildman–Crippen LogP) is 1.36. The number of nitrogens with one attached hydrogen (secondary N) is 1. The quantitative estimate of drug-likeness (QED) is 0.591. The molecule has 0 aliphatic rings. The predicted molar refractivity (Wildman–Crippen MR) is 63.9 cm³/mol. The molecule has 0 aromatic heterocycles. The van der Waals surface area contributed by atoms with Crippen molar-refractivity contribution in [3.8, 4) is 11.8 Å². The van der Waals surface area contributed by atoms with Gasteiger partial charge in [-0.15, -0.1) is 0 Å². The van der Waals surface area contributed by atoms with Crippen molar-refractivity contribution in [3.63, 3.8) is 0 Å². The summed E-state index contributed by atoms with van der Waals surface area (Å²) >= 11 is 0. The summed E-state index contributed by atoms with van der Waals surface area (Å²) in [6, 6.07) is 7.43. The maximum atomic E-state index is 10.4. The Hall–Kier alpha value is -2.05. The number of carboxylic acid groups (broad SMARTS) is 1. The molecule has 0 unspecified atom stereocenters. The third-order valence-corrected chi connectivity index (χ3v) is 1.85. The first kappa shape index (κ1) is 12.0. The molecule has 3 heteroatoms. The number of benzene rings is 1. The highest BCUT2D eigenvalue weighted by Crippen LogP contribution is 2.09.